The summed E-state index contributed by atoms with van der Waals surface area (Å²) in [7, 11) is 0. The second kappa shape index (κ2) is 5.72. The third-order valence-electron chi connectivity index (χ3n) is 2.66. The third-order valence-corrected chi connectivity index (χ3v) is 2.66. The van der Waals surface area contributed by atoms with Crippen LogP contribution >= 0.6 is 0 Å². The minimum atomic E-state index is -0.415. The lowest BCUT2D eigenvalue weighted by atomic mass is 10.2. The zero-order valence-electron chi connectivity index (χ0n) is 9.76. The quantitative estimate of drug-likeness (QED) is 0.565. The highest BCUT2D eigenvalue weighted by Crippen LogP contribution is 2.05. The number of hydrogen-bond acceptors (Lipinski definition) is 5. The molecule has 6 nitrogen and oxygen atoms in total. The largest absolute Gasteiger partial charge is 0.395 e. The molecule has 4 N–H and O–H groups in total. The number of rotatable bonds is 5. The van der Waals surface area contributed by atoms with Gasteiger partial charge < -0.3 is 20.5 Å². The molecule has 96 valence electrons. The van der Waals surface area contributed by atoms with Crippen molar-refractivity contribution in [2.75, 3.05) is 13.2 Å². The van der Waals surface area contributed by atoms with Crippen LogP contribution in [-0.2, 0) is 6.54 Å². The average Bonchev–Trinajstić information content (AvgIpc) is 2.40. The maximum atomic E-state index is 11.8. The van der Waals surface area contributed by atoms with Gasteiger partial charge in [0.1, 0.15) is 5.82 Å². The Kier molecular flexibility index (Phi) is 4.03. The Bertz CT molecular complexity index is 578. The van der Waals surface area contributed by atoms with Gasteiger partial charge in [-0.05, 0) is 12.1 Å². The molecule has 0 unspecified atom stereocenters. The molecule has 1 heterocycles. The van der Waals surface area contributed by atoms with Crippen molar-refractivity contribution >= 4 is 10.9 Å². The first-order valence-corrected chi connectivity index (χ1v) is 5.67. The van der Waals surface area contributed by atoms with Gasteiger partial charge in [0.25, 0.3) is 5.56 Å². The van der Waals surface area contributed by atoms with Crippen LogP contribution in [-0.4, -0.2) is 39.4 Å². The van der Waals surface area contributed by atoms with Crippen LogP contribution in [0.3, 0.4) is 0 Å². The zero-order chi connectivity index (χ0) is 13.0. The maximum absolute atomic E-state index is 11.8. The van der Waals surface area contributed by atoms with Crippen LogP contribution in [0.25, 0.3) is 10.9 Å². The number of aliphatic hydroxyl groups excluding tert-OH is 2. The number of aromatic nitrogens is 2. The summed E-state index contributed by atoms with van der Waals surface area (Å²) in [6.45, 7) is -0.0610. The van der Waals surface area contributed by atoms with Crippen LogP contribution in [0.4, 0.5) is 0 Å². The van der Waals surface area contributed by atoms with E-state index in [9.17, 15) is 4.79 Å². The van der Waals surface area contributed by atoms with Crippen molar-refractivity contribution in [1.82, 2.24) is 15.3 Å². The van der Waals surface area contributed by atoms with Crippen LogP contribution in [0, 0.1) is 0 Å². The predicted molar refractivity (Wildman–Crippen MR) is 67.2 cm³/mol. The molecule has 2 aromatic rings. The minimum absolute atomic E-state index is 0.172. The van der Waals surface area contributed by atoms with Gasteiger partial charge in [0.15, 0.2) is 0 Å². The number of para-hydroxylation sites is 1. The molecule has 0 saturated heterocycles. The highest BCUT2D eigenvalue weighted by Gasteiger charge is 2.07. The van der Waals surface area contributed by atoms with Crippen molar-refractivity contribution in [1.29, 1.82) is 0 Å². The number of fused-ring (bicyclic) bond motifs is 1. The molecule has 18 heavy (non-hydrogen) atoms. The lowest BCUT2D eigenvalue weighted by molar-refractivity contribution is 0.169. The molecule has 1 aromatic carbocycles. The van der Waals surface area contributed by atoms with Crippen molar-refractivity contribution in [2.45, 2.75) is 12.6 Å². The van der Waals surface area contributed by atoms with Gasteiger partial charge in [-0.2, -0.15) is 0 Å². The Morgan fingerprint density at radius 2 is 2.00 bits per heavy atom. The molecule has 6 heteroatoms. The van der Waals surface area contributed by atoms with E-state index in [1.165, 1.54) is 0 Å². The first-order valence-electron chi connectivity index (χ1n) is 5.67. The van der Waals surface area contributed by atoms with Crippen molar-refractivity contribution < 1.29 is 10.2 Å². The van der Waals surface area contributed by atoms with Gasteiger partial charge in [-0.25, -0.2) is 4.98 Å². The van der Waals surface area contributed by atoms with Gasteiger partial charge >= 0.3 is 0 Å². The normalized spacial score (nSPS) is 11.3. The number of nitrogens with one attached hydrogen (secondary N) is 2. The standard InChI is InChI=1S/C12H15N3O3/c16-6-8(7-17)13-5-11-14-10-4-2-1-3-9(10)12(18)15-11/h1-4,8,13,16-17H,5-7H2,(H,14,15,18). The molecule has 0 fully saturated rings. The Morgan fingerprint density at radius 1 is 1.28 bits per heavy atom. The van der Waals surface area contributed by atoms with Gasteiger partial charge in [-0.3, -0.25) is 4.79 Å². The number of nitrogens with zero attached hydrogens (tertiary/aromatic N) is 1. The number of aliphatic hydroxyl groups is 2. The van der Waals surface area contributed by atoms with Gasteiger partial charge in [-0.1, -0.05) is 12.1 Å². The maximum Gasteiger partial charge on any atom is 0.258 e. The second-order valence-electron chi connectivity index (χ2n) is 3.97. The fourth-order valence-electron chi connectivity index (χ4n) is 1.65. The Morgan fingerprint density at radius 3 is 2.72 bits per heavy atom. The monoisotopic (exact) mass is 249 g/mol. The van der Waals surface area contributed by atoms with Gasteiger partial charge in [0, 0.05) is 0 Å². The fraction of sp³-hybridized carbons (Fsp3) is 0.333. The lowest BCUT2D eigenvalue weighted by Gasteiger charge is -2.12. The summed E-state index contributed by atoms with van der Waals surface area (Å²) in [6, 6.07) is 6.66. The van der Waals surface area contributed by atoms with Crippen LogP contribution in [0.15, 0.2) is 29.1 Å². The fourth-order valence-corrected chi connectivity index (χ4v) is 1.65. The molecule has 0 spiro atoms. The van der Waals surface area contributed by atoms with Crippen LogP contribution in [0.5, 0.6) is 0 Å². The van der Waals surface area contributed by atoms with E-state index in [1.807, 2.05) is 6.07 Å². The average molecular weight is 249 g/mol. The van der Waals surface area contributed by atoms with E-state index in [1.54, 1.807) is 18.2 Å². The SMILES string of the molecule is O=c1[nH]c(CNC(CO)CO)nc2ccccc12. The molecule has 2 rings (SSSR count). The topological polar surface area (TPSA) is 98.2 Å². The van der Waals surface area contributed by atoms with E-state index in [2.05, 4.69) is 15.3 Å². The molecule has 0 aliphatic carbocycles. The Balaban J connectivity index is 2.22. The van der Waals surface area contributed by atoms with E-state index < -0.39 is 6.04 Å². The van der Waals surface area contributed by atoms with Crippen molar-refractivity contribution in [3.8, 4) is 0 Å². The van der Waals surface area contributed by atoms with Gasteiger partial charge in [0.2, 0.25) is 0 Å². The summed E-state index contributed by atoms with van der Waals surface area (Å²) in [4.78, 5) is 18.7. The van der Waals surface area contributed by atoms with Crippen molar-refractivity contribution in [2.24, 2.45) is 0 Å². The Labute approximate surface area is 103 Å². The zero-order valence-corrected chi connectivity index (χ0v) is 9.76. The first-order chi connectivity index (χ1) is 8.74. The summed E-state index contributed by atoms with van der Waals surface area (Å²) in [6.07, 6.45) is 0. The van der Waals surface area contributed by atoms with Crippen molar-refractivity contribution in [3.05, 3.63) is 40.4 Å². The summed E-state index contributed by atoms with van der Waals surface area (Å²) < 4.78 is 0. The molecule has 0 aliphatic heterocycles. The van der Waals surface area contributed by atoms with Gasteiger partial charge in [0.05, 0.1) is 36.7 Å². The molecular weight excluding hydrogens is 234 g/mol. The number of H-pyrrole nitrogens is 1. The van der Waals surface area contributed by atoms with Gasteiger partial charge in [-0.15, -0.1) is 0 Å². The third kappa shape index (κ3) is 2.73. The number of benzene rings is 1. The molecule has 0 saturated carbocycles. The summed E-state index contributed by atoms with van der Waals surface area (Å²) in [5.41, 5.74) is 0.435. The molecule has 1 aromatic heterocycles. The van der Waals surface area contributed by atoms with Crippen LogP contribution < -0.4 is 10.9 Å². The van der Waals surface area contributed by atoms with Crippen molar-refractivity contribution in [3.63, 3.8) is 0 Å². The first kappa shape index (κ1) is 12.7. The van der Waals surface area contributed by atoms with E-state index in [4.69, 9.17) is 10.2 Å². The summed E-state index contributed by atoms with van der Waals surface area (Å²) in [5, 5.41) is 21.3. The summed E-state index contributed by atoms with van der Waals surface area (Å²) in [5.74, 6) is 0.477. The second-order valence-corrected chi connectivity index (χ2v) is 3.97. The molecule has 0 bridgehead atoms. The van der Waals surface area contributed by atoms with E-state index in [-0.39, 0.29) is 25.3 Å². The number of hydrogen-bond donors (Lipinski definition) is 4. The van der Waals surface area contributed by atoms with E-state index in [0.29, 0.717) is 16.7 Å². The molecule has 0 atom stereocenters. The molecule has 0 aliphatic rings. The lowest BCUT2D eigenvalue weighted by Crippen LogP contribution is -2.36. The summed E-state index contributed by atoms with van der Waals surface area (Å²) >= 11 is 0. The predicted octanol–water partition coefficient (Wildman–Crippen LogP) is -0.634. The molecular formula is C12H15N3O3. The van der Waals surface area contributed by atoms with E-state index in [0.717, 1.165) is 0 Å². The highest BCUT2D eigenvalue weighted by atomic mass is 16.3. The number of aromatic amines is 1. The Hall–Kier alpha value is -1.76. The van der Waals surface area contributed by atoms with Crippen LogP contribution in [0.2, 0.25) is 0 Å². The molecule has 0 amide bonds. The highest BCUT2D eigenvalue weighted by molar-refractivity contribution is 5.77. The van der Waals surface area contributed by atoms with E-state index >= 15 is 0 Å². The minimum Gasteiger partial charge on any atom is -0.395 e. The molecule has 0 radical (unpaired) electrons. The smallest absolute Gasteiger partial charge is 0.258 e. The van der Waals surface area contributed by atoms with Crippen LogP contribution in [0.1, 0.15) is 5.82 Å².